The molecule has 1 aromatic carbocycles. The summed E-state index contributed by atoms with van der Waals surface area (Å²) in [6, 6.07) is 4.75. The lowest BCUT2D eigenvalue weighted by Crippen LogP contribution is -2.20. The summed E-state index contributed by atoms with van der Waals surface area (Å²) in [7, 11) is 3.91. The van der Waals surface area contributed by atoms with Crippen LogP contribution < -0.4 is 10.5 Å². The topological polar surface area (TPSA) is 38.5 Å². The lowest BCUT2D eigenvalue weighted by atomic mass is 10.2. The zero-order chi connectivity index (χ0) is 11.3. The number of halogens is 1. The van der Waals surface area contributed by atoms with Crippen molar-refractivity contribution < 1.29 is 9.13 Å². The van der Waals surface area contributed by atoms with Gasteiger partial charge in [0.2, 0.25) is 0 Å². The average molecular weight is 212 g/mol. The van der Waals surface area contributed by atoms with Gasteiger partial charge in [-0.05, 0) is 26.2 Å². The third kappa shape index (κ3) is 3.49. The molecular formula is C11H17FN2O. The van der Waals surface area contributed by atoms with Crippen molar-refractivity contribution in [1.82, 2.24) is 4.90 Å². The fraction of sp³-hybridized carbons (Fsp3) is 0.455. The van der Waals surface area contributed by atoms with Crippen LogP contribution in [0.3, 0.4) is 0 Å². The Kier molecular flexibility index (Phi) is 4.52. The maximum atomic E-state index is 13.3. The van der Waals surface area contributed by atoms with Crippen molar-refractivity contribution in [3.8, 4) is 5.75 Å². The molecule has 0 heterocycles. The molecule has 0 aromatic heterocycles. The molecule has 0 aliphatic rings. The summed E-state index contributed by atoms with van der Waals surface area (Å²) >= 11 is 0. The average Bonchev–Trinajstić information content (AvgIpc) is 2.17. The summed E-state index contributed by atoms with van der Waals surface area (Å²) in [5, 5.41) is 0. The van der Waals surface area contributed by atoms with Crippen LogP contribution in [0.4, 0.5) is 4.39 Å². The van der Waals surface area contributed by atoms with Crippen molar-refractivity contribution in [3.63, 3.8) is 0 Å². The number of likely N-dealkylation sites (N-methyl/N-ethyl adjacent to an activating group) is 1. The third-order valence-corrected chi connectivity index (χ3v) is 2.08. The fourth-order valence-corrected chi connectivity index (χ4v) is 1.21. The van der Waals surface area contributed by atoms with Gasteiger partial charge < -0.3 is 15.4 Å². The second kappa shape index (κ2) is 5.68. The van der Waals surface area contributed by atoms with Crippen LogP contribution in [0.25, 0.3) is 0 Å². The van der Waals surface area contributed by atoms with E-state index in [0.29, 0.717) is 17.9 Å². The van der Waals surface area contributed by atoms with Gasteiger partial charge in [-0.25, -0.2) is 4.39 Å². The SMILES string of the molecule is CN(C)CCOc1cccc(F)c1CN. The van der Waals surface area contributed by atoms with Crippen LogP contribution in [-0.4, -0.2) is 32.1 Å². The first-order valence-corrected chi connectivity index (χ1v) is 4.90. The number of ether oxygens (including phenoxy) is 1. The Morgan fingerprint density at radius 3 is 2.73 bits per heavy atom. The highest BCUT2D eigenvalue weighted by Crippen LogP contribution is 2.20. The standard InChI is InChI=1S/C11H17FN2O/c1-14(2)6-7-15-11-5-3-4-10(12)9(11)8-13/h3-5H,6-8,13H2,1-2H3. The van der Waals surface area contributed by atoms with E-state index in [1.807, 2.05) is 19.0 Å². The molecule has 3 nitrogen and oxygen atoms in total. The summed E-state index contributed by atoms with van der Waals surface area (Å²) in [5.74, 6) is 0.235. The monoisotopic (exact) mass is 212 g/mol. The minimum atomic E-state index is -0.306. The Balaban J connectivity index is 2.64. The van der Waals surface area contributed by atoms with Crippen molar-refractivity contribution in [3.05, 3.63) is 29.6 Å². The maximum absolute atomic E-state index is 13.3. The summed E-state index contributed by atoms with van der Waals surface area (Å²) < 4.78 is 18.7. The Morgan fingerprint density at radius 2 is 2.13 bits per heavy atom. The smallest absolute Gasteiger partial charge is 0.131 e. The molecule has 0 saturated heterocycles. The van der Waals surface area contributed by atoms with Crippen LogP contribution >= 0.6 is 0 Å². The van der Waals surface area contributed by atoms with Crippen molar-refractivity contribution in [2.75, 3.05) is 27.2 Å². The molecule has 1 rings (SSSR count). The van der Waals surface area contributed by atoms with Crippen LogP contribution in [0.5, 0.6) is 5.75 Å². The van der Waals surface area contributed by atoms with Crippen LogP contribution in [0.15, 0.2) is 18.2 Å². The second-order valence-corrected chi connectivity index (χ2v) is 3.57. The number of rotatable bonds is 5. The van der Waals surface area contributed by atoms with Gasteiger partial charge in [0.1, 0.15) is 18.2 Å². The molecule has 4 heteroatoms. The normalized spacial score (nSPS) is 10.7. The molecule has 0 bridgehead atoms. The Hall–Kier alpha value is -1.13. The largest absolute Gasteiger partial charge is 0.492 e. The first kappa shape index (κ1) is 11.9. The fourth-order valence-electron chi connectivity index (χ4n) is 1.21. The predicted octanol–water partition coefficient (Wildman–Crippen LogP) is 1.22. The molecule has 2 N–H and O–H groups in total. The highest BCUT2D eigenvalue weighted by Gasteiger charge is 2.07. The molecule has 1 aromatic rings. The summed E-state index contributed by atoms with van der Waals surface area (Å²) in [6.07, 6.45) is 0. The van der Waals surface area contributed by atoms with Gasteiger partial charge in [0, 0.05) is 18.7 Å². The minimum Gasteiger partial charge on any atom is -0.492 e. The van der Waals surface area contributed by atoms with Crippen molar-refractivity contribution in [2.24, 2.45) is 5.73 Å². The van der Waals surface area contributed by atoms with Gasteiger partial charge in [0.05, 0.1) is 0 Å². The summed E-state index contributed by atoms with van der Waals surface area (Å²) in [4.78, 5) is 2.00. The molecule has 0 unspecified atom stereocenters. The van der Waals surface area contributed by atoms with Gasteiger partial charge in [-0.15, -0.1) is 0 Å². The van der Waals surface area contributed by atoms with E-state index in [0.717, 1.165) is 6.54 Å². The van der Waals surface area contributed by atoms with Gasteiger partial charge in [-0.1, -0.05) is 6.07 Å². The third-order valence-electron chi connectivity index (χ3n) is 2.08. The highest BCUT2D eigenvalue weighted by atomic mass is 19.1. The van der Waals surface area contributed by atoms with E-state index >= 15 is 0 Å². The molecular weight excluding hydrogens is 195 g/mol. The molecule has 0 saturated carbocycles. The molecule has 15 heavy (non-hydrogen) atoms. The molecule has 0 aliphatic heterocycles. The molecule has 84 valence electrons. The van der Waals surface area contributed by atoms with Gasteiger partial charge >= 0.3 is 0 Å². The van der Waals surface area contributed by atoms with Gasteiger partial charge in [-0.2, -0.15) is 0 Å². The van der Waals surface area contributed by atoms with E-state index in [4.69, 9.17) is 10.5 Å². The zero-order valence-corrected chi connectivity index (χ0v) is 9.16. The molecule has 0 amide bonds. The van der Waals surface area contributed by atoms with Crippen LogP contribution in [-0.2, 0) is 6.54 Å². The number of hydrogen-bond acceptors (Lipinski definition) is 3. The van der Waals surface area contributed by atoms with Gasteiger partial charge in [0.25, 0.3) is 0 Å². The highest BCUT2D eigenvalue weighted by molar-refractivity contribution is 5.34. The zero-order valence-electron chi connectivity index (χ0n) is 9.16. The molecule has 0 aliphatic carbocycles. The lowest BCUT2D eigenvalue weighted by molar-refractivity contribution is 0.258. The first-order valence-electron chi connectivity index (χ1n) is 4.90. The quantitative estimate of drug-likeness (QED) is 0.797. The van der Waals surface area contributed by atoms with E-state index < -0.39 is 0 Å². The Bertz CT molecular complexity index is 315. The van der Waals surface area contributed by atoms with E-state index in [1.165, 1.54) is 6.07 Å². The van der Waals surface area contributed by atoms with Crippen LogP contribution in [0, 0.1) is 5.82 Å². The summed E-state index contributed by atoms with van der Waals surface area (Å²) in [5.41, 5.74) is 5.89. The van der Waals surface area contributed by atoms with Crippen LogP contribution in [0.1, 0.15) is 5.56 Å². The number of hydrogen-bond donors (Lipinski definition) is 1. The van der Waals surface area contributed by atoms with E-state index in [-0.39, 0.29) is 12.4 Å². The first-order chi connectivity index (χ1) is 7.15. The van der Waals surface area contributed by atoms with Crippen molar-refractivity contribution in [1.29, 1.82) is 0 Å². The Labute approximate surface area is 89.6 Å². The number of benzene rings is 1. The van der Waals surface area contributed by atoms with Gasteiger partial charge in [-0.3, -0.25) is 0 Å². The van der Waals surface area contributed by atoms with Crippen molar-refractivity contribution in [2.45, 2.75) is 6.54 Å². The van der Waals surface area contributed by atoms with E-state index in [1.54, 1.807) is 12.1 Å². The van der Waals surface area contributed by atoms with Crippen LogP contribution in [0.2, 0.25) is 0 Å². The van der Waals surface area contributed by atoms with E-state index in [2.05, 4.69) is 0 Å². The molecule has 0 fully saturated rings. The minimum absolute atomic E-state index is 0.157. The number of nitrogens with two attached hydrogens (primary N) is 1. The maximum Gasteiger partial charge on any atom is 0.131 e. The Morgan fingerprint density at radius 1 is 1.40 bits per heavy atom. The van der Waals surface area contributed by atoms with Crippen molar-refractivity contribution >= 4 is 0 Å². The van der Waals surface area contributed by atoms with E-state index in [9.17, 15) is 4.39 Å². The second-order valence-electron chi connectivity index (χ2n) is 3.57. The molecule has 0 spiro atoms. The molecule has 0 radical (unpaired) electrons. The van der Waals surface area contributed by atoms with Gasteiger partial charge in [0.15, 0.2) is 0 Å². The predicted molar refractivity (Wildman–Crippen MR) is 58.3 cm³/mol. The summed E-state index contributed by atoms with van der Waals surface area (Å²) in [6.45, 7) is 1.48. The number of nitrogens with zero attached hydrogens (tertiary/aromatic N) is 1. The lowest BCUT2D eigenvalue weighted by Gasteiger charge is -2.13. The molecule has 0 atom stereocenters.